The molecule has 0 aromatic carbocycles. The van der Waals surface area contributed by atoms with E-state index < -0.39 is 36.2 Å². The third-order valence-electron chi connectivity index (χ3n) is 4.19. The monoisotopic (exact) mass is 339 g/mol. The molecule has 1 saturated heterocycles. The number of nitrogens with one attached hydrogen (secondary N) is 1. The van der Waals surface area contributed by atoms with Crippen LogP contribution in [0.1, 0.15) is 18.7 Å². The zero-order chi connectivity index (χ0) is 17.6. The molecule has 3 heterocycles. The van der Waals surface area contributed by atoms with Gasteiger partial charge in [-0.25, -0.2) is 4.98 Å². The van der Waals surface area contributed by atoms with Crippen molar-refractivity contribution in [3.8, 4) is 0 Å². The smallest absolute Gasteiger partial charge is 0.260 e. The number of aliphatic hydroxyl groups is 3. The van der Waals surface area contributed by atoms with Crippen molar-refractivity contribution in [2.24, 2.45) is 10.9 Å². The summed E-state index contributed by atoms with van der Waals surface area (Å²) in [7, 11) is 0. The number of hydrogen-bond donors (Lipinski definition) is 6. The van der Waals surface area contributed by atoms with E-state index in [1.165, 1.54) is 17.7 Å². The van der Waals surface area contributed by atoms with Gasteiger partial charge in [0.25, 0.3) is 5.56 Å². The highest BCUT2D eigenvalue weighted by molar-refractivity contribution is 6.07. The first-order chi connectivity index (χ1) is 11.3. The maximum absolute atomic E-state index is 12.1. The molecule has 24 heavy (non-hydrogen) atoms. The van der Waals surface area contributed by atoms with Crippen LogP contribution < -0.4 is 11.3 Å². The van der Waals surface area contributed by atoms with Crippen LogP contribution in [0, 0.1) is 0 Å². The van der Waals surface area contributed by atoms with Gasteiger partial charge in [0.1, 0.15) is 23.5 Å². The number of aromatic nitrogens is 3. The van der Waals surface area contributed by atoms with Crippen molar-refractivity contribution in [2.75, 3.05) is 6.61 Å². The van der Waals surface area contributed by atoms with Crippen molar-refractivity contribution in [1.82, 2.24) is 14.5 Å². The normalized spacial score (nSPS) is 31.0. The number of hydrogen-bond acceptors (Lipinski definition) is 8. The summed E-state index contributed by atoms with van der Waals surface area (Å²) in [6.45, 7) is 0.828. The van der Waals surface area contributed by atoms with Gasteiger partial charge in [0, 0.05) is 6.20 Å². The Bertz CT molecular complexity index is 856. The maximum atomic E-state index is 12.1. The molecule has 2 aromatic heterocycles. The molecule has 0 aliphatic carbocycles. The summed E-state index contributed by atoms with van der Waals surface area (Å²) < 4.78 is 6.82. The van der Waals surface area contributed by atoms with Crippen LogP contribution in [0.4, 0.5) is 0 Å². The summed E-state index contributed by atoms with van der Waals surface area (Å²) >= 11 is 0. The van der Waals surface area contributed by atoms with Crippen LogP contribution in [0.25, 0.3) is 11.0 Å². The minimum Gasteiger partial charge on any atom is -0.409 e. The lowest BCUT2D eigenvalue weighted by Crippen LogP contribution is -2.44. The van der Waals surface area contributed by atoms with Crippen molar-refractivity contribution < 1.29 is 25.3 Å². The largest absolute Gasteiger partial charge is 0.409 e. The van der Waals surface area contributed by atoms with E-state index in [0.29, 0.717) is 0 Å². The van der Waals surface area contributed by atoms with E-state index in [1.807, 2.05) is 0 Å². The van der Waals surface area contributed by atoms with Gasteiger partial charge in [-0.15, -0.1) is 0 Å². The highest BCUT2D eigenvalue weighted by Gasteiger charge is 2.53. The van der Waals surface area contributed by atoms with Gasteiger partial charge in [0.2, 0.25) is 0 Å². The SMILES string of the molecule is C[C@]1(O)C(n2cc(/C(N)=N\O)c3c(=O)[nH]cnc32)O[C@H](CO)[C@H]1O. The Morgan fingerprint density at radius 2 is 2.33 bits per heavy atom. The van der Waals surface area contributed by atoms with Gasteiger partial charge in [-0.2, -0.15) is 0 Å². The lowest BCUT2D eigenvalue weighted by atomic mass is 9.96. The maximum Gasteiger partial charge on any atom is 0.260 e. The molecular formula is C13H17N5O6. The van der Waals surface area contributed by atoms with Crippen LogP contribution in [0.2, 0.25) is 0 Å². The van der Waals surface area contributed by atoms with Crippen molar-refractivity contribution in [1.29, 1.82) is 0 Å². The number of ether oxygens (including phenoxy) is 1. The third-order valence-corrected chi connectivity index (χ3v) is 4.19. The Kier molecular flexibility index (Phi) is 3.80. The zero-order valence-corrected chi connectivity index (χ0v) is 12.6. The number of rotatable bonds is 3. The summed E-state index contributed by atoms with van der Waals surface area (Å²) in [4.78, 5) is 18.5. The highest BCUT2D eigenvalue weighted by Crippen LogP contribution is 2.39. The Morgan fingerprint density at radius 1 is 1.62 bits per heavy atom. The van der Waals surface area contributed by atoms with E-state index >= 15 is 0 Å². The molecule has 4 atom stereocenters. The molecule has 1 aliphatic heterocycles. The Hall–Kier alpha value is -2.47. The van der Waals surface area contributed by atoms with Gasteiger partial charge < -0.3 is 40.5 Å². The first-order valence-corrected chi connectivity index (χ1v) is 7.05. The molecule has 11 nitrogen and oxygen atoms in total. The summed E-state index contributed by atoms with van der Waals surface area (Å²) in [6.07, 6.45) is -1.05. The number of amidine groups is 1. The van der Waals surface area contributed by atoms with Crippen LogP contribution in [-0.2, 0) is 4.74 Å². The van der Waals surface area contributed by atoms with Crippen molar-refractivity contribution in [2.45, 2.75) is 31.0 Å². The molecular weight excluding hydrogens is 322 g/mol. The van der Waals surface area contributed by atoms with Gasteiger partial charge in [0.05, 0.1) is 23.9 Å². The minimum atomic E-state index is -1.77. The molecule has 7 N–H and O–H groups in total. The fourth-order valence-electron chi connectivity index (χ4n) is 2.91. The topological polar surface area (TPSA) is 179 Å². The number of fused-ring (bicyclic) bond motifs is 1. The molecule has 0 bridgehead atoms. The van der Waals surface area contributed by atoms with Crippen molar-refractivity contribution >= 4 is 16.9 Å². The summed E-state index contributed by atoms with van der Waals surface area (Å²) in [6, 6.07) is 0. The highest BCUT2D eigenvalue weighted by atomic mass is 16.6. The second kappa shape index (κ2) is 5.56. The first-order valence-electron chi connectivity index (χ1n) is 7.05. The first kappa shape index (κ1) is 16.4. The minimum absolute atomic E-state index is 0.0362. The molecule has 11 heteroatoms. The quantitative estimate of drug-likeness (QED) is 0.158. The summed E-state index contributed by atoms with van der Waals surface area (Å²) in [5, 5.41) is 41.8. The Balaban J connectivity index is 2.25. The average molecular weight is 339 g/mol. The number of oxime groups is 1. The van der Waals surface area contributed by atoms with Crippen LogP contribution in [-0.4, -0.2) is 65.3 Å². The fraction of sp³-hybridized carbons (Fsp3) is 0.462. The summed E-state index contributed by atoms with van der Waals surface area (Å²) in [5.41, 5.74) is 3.49. The van der Waals surface area contributed by atoms with Crippen molar-refractivity contribution in [3.05, 3.63) is 28.4 Å². The van der Waals surface area contributed by atoms with Crippen LogP contribution >= 0.6 is 0 Å². The second-order valence-corrected chi connectivity index (χ2v) is 5.75. The molecule has 0 radical (unpaired) electrons. The van der Waals surface area contributed by atoms with E-state index in [4.69, 9.17) is 15.7 Å². The predicted molar refractivity (Wildman–Crippen MR) is 80.5 cm³/mol. The molecule has 0 amide bonds. The molecule has 0 spiro atoms. The average Bonchev–Trinajstić information content (AvgIpc) is 3.04. The standard InChI is InChI=1S/C13H17N5O6/c1-13(22)8(20)6(3-19)24-12(13)18-2-5(9(14)17-23)7-10(18)15-4-16-11(7)21/h2,4,6,8,12,19-20,22-23H,3H2,1H3,(H2,14,17)(H,15,16,21)/t6-,8-,12?,13-/m1/s1. The van der Waals surface area contributed by atoms with Crippen LogP contribution in [0.5, 0.6) is 0 Å². The number of aromatic amines is 1. The fourth-order valence-corrected chi connectivity index (χ4v) is 2.91. The van der Waals surface area contributed by atoms with E-state index in [9.17, 15) is 20.1 Å². The summed E-state index contributed by atoms with van der Waals surface area (Å²) in [5.74, 6) is -0.325. The Morgan fingerprint density at radius 3 is 2.92 bits per heavy atom. The van der Waals surface area contributed by atoms with Crippen molar-refractivity contribution in [3.63, 3.8) is 0 Å². The van der Waals surface area contributed by atoms with Gasteiger partial charge in [-0.1, -0.05) is 5.16 Å². The molecule has 3 rings (SSSR count). The van der Waals surface area contributed by atoms with Gasteiger partial charge in [-0.05, 0) is 6.92 Å². The second-order valence-electron chi connectivity index (χ2n) is 5.75. The van der Waals surface area contributed by atoms with Gasteiger partial charge >= 0.3 is 0 Å². The van der Waals surface area contributed by atoms with E-state index in [0.717, 1.165) is 6.33 Å². The molecule has 2 aromatic rings. The van der Waals surface area contributed by atoms with Crippen LogP contribution in [0.3, 0.4) is 0 Å². The van der Waals surface area contributed by atoms with Gasteiger partial charge in [-0.3, -0.25) is 4.79 Å². The number of H-pyrrole nitrogens is 1. The molecule has 130 valence electrons. The van der Waals surface area contributed by atoms with Crippen LogP contribution in [0.15, 0.2) is 22.5 Å². The number of nitrogens with zero attached hydrogens (tertiary/aromatic N) is 3. The van der Waals surface area contributed by atoms with E-state index in [2.05, 4.69) is 15.1 Å². The molecule has 0 saturated carbocycles. The Labute approximate surface area is 134 Å². The zero-order valence-electron chi connectivity index (χ0n) is 12.6. The predicted octanol–water partition coefficient (Wildman–Crippen LogP) is -2.18. The molecule has 1 fully saturated rings. The van der Waals surface area contributed by atoms with E-state index in [-0.39, 0.29) is 22.4 Å². The third kappa shape index (κ3) is 2.17. The lowest BCUT2D eigenvalue weighted by Gasteiger charge is -2.27. The number of aliphatic hydroxyl groups excluding tert-OH is 2. The molecule has 1 aliphatic rings. The number of nitrogens with two attached hydrogens (primary N) is 1. The molecule has 1 unspecified atom stereocenters. The van der Waals surface area contributed by atoms with Gasteiger partial charge in [0.15, 0.2) is 12.1 Å². The van der Waals surface area contributed by atoms with E-state index in [1.54, 1.807) is 0 Å². The lowest BCUT2D eigenvalue weighted by molar-refractivity contribution is -0.0948.